The van der Waals surface area contributed by atoms with Crippen molar-refractivity contribution in [3.05, 3.63) is 55.2 Å². The first-order valence-electron chi connectivity index (χ1n) is 5.37. The molecule has 0 aliphatic rings. The summed E-state index contributed by atoms with van der Waals surface area (Å²) >= 11 is 4.78. The average molecular weight is 332 g/mol. The van der Waals surface area contributed by atoms with Crippen LogP contribution >= 0.6 is 27.3 Å². The molecule has 2 N–H and O–H groups in total. The second kappa shape index (κ2) is 5.07. The molecule has 0 aliphatic carbocycles. The fourth-order valence-corrected chi connectivity index (χ4v) is 3.33. The summed E-state index contributed by atoms with van der Waals surface area (Å²) in [6.45, 7) is 3.51. The summed E-state index contributed by atoms with van der Waals surface area (Å²) in [6, 6.07) is 3.74. The Hall–Kier alpha value is -0.780. The molecule has 1 unspecified atom stereocenters. The van der Waals surface area contributed by atoms with Gasteiger partial charge in [0.2, 0.25) is 0 Å². The lowest BCUT2D eigenvalue weighted by atomic mass is 10.0. The third-order valence-corrected chi connectivity index (χ3v) is 5.03. The van der Waals surface area contributed by atoms with E-state index in [2.05, 4.69) is 15.9 Å². The predicted octanol–water partition coefficient (Wildman–Crippen LogP) is 4.45. The molecule has 96 valence electrons. The zero-order valence-electron chi connectivity index (χ0n) is 9.93. The summed E-state index contributed by atoms with van der Waals surface area (Å²) in [4.78, 5) is 0.739. The van der Waals surface area contributed by atoms with Crippen molar-refractivity contribution in [3.8, 4) is 0 Å². The van der Waals surface area contributed by atoms with Gasteiger partial charge in [0.15, 0.2) is 0 Å². The molecule has 2 rings (SSSR count). The number of hydrogen-bond donors (Lipinski definition) is 1. The highest BCUT2D eigenvalue weighted by Gasteiger charge is 2.21. The van der Waals surface area contributed by atoms with Crippen LogP contribution in [-0.2, 0) is 0 Å². The molecule has 1 nitrogen and oxygen atoms in total. The van der Waals surface area contributed by atoms with Gasteiger partial charge in [-0.25, -0.2) is 8.78 Å². The van der Waals surface area contributed by atoms with E-state index < -0.39 is 17.7 Å². The van der Waals surface area contributed by atoms with Crippen molar-refractivity contribution in [2.24, 2.45) is 5.73 Å². The van der Waals surface area contributed by atoms with Crippen molar-refractivity contribution < 1.29 is 8.78 Å². The summed E-state index contributed by atoms with van der Waals surface area (Å²) in [5, 5.41) is 0. The molecule has 0 amide bonds. The van der Waals surface area contributed by atoms with Gasteiger partial charge in [0.1, 0.15) is 11.6 Å². The molecule has 0 fully saturated rings. The second-order valence-corrected chi connectivity index (χ2v) is 6.58. The summed E-state index contributed by atoms with van der Waals surface area (Å²) < 4.78 is 28.7. The van der Waals surface area contributed by atoms with Crippen LogP contribution in [0.5, 0.6) is 0 Å². The van der Waals surface area contributed by atoms with Crippen molar-refractivity contribution in [3.63, 3.8) is 0 Å². The van der Waals surface area contributed by atoms with E-state index in [-0.39, 0.29) is 5.56 Å². The summed E-state index contributed by atoms with van der Waals surface area (Å²) in [5.74, 6) is -1.17. The van der Waals surface area contributed by atoms with Crippen molar-refractivity contribution in [2.45, 2.75) is 19.9 Å². The van der Waals surface area contributed by atoms with Crippen molar-refractivity contribution in [2.75, 3.05) is 0 Å². The van der Waals surface area contributed by atoms with E-state index >= 15 is 0 Å². The first kappa shape index (κ1) is 13.6. The van der Waals surface area contributed by atoms with E-state index in [0.29, 0.717) is 5.56 Å². The SMILES string of the molecule is Cc1cc(C(N)c2c(F)ccc(C)c2F)sc1Br. The maximum atomic E-state index is 14.0. The van der Waals surface area contributed by atoms with Crippen molar-refractivity contribution in [1.82, 2.24) is 0 Å². The standard InChI is InChI=1S/C13H12BrF2NS/c1-6-3-4-8(15)10(11(6)16)12(17)9-5-7(2)13(14)18-9/h3-5,12H,17H2,1-2H3. The molecule has 18 heavy (non-hydrogen) atoms. The number of rotatable bonds is 2. The van der Waals surface area contributed by atoms with E-state index in [4.69, 9.17) is 5.73 Å². The summed E-state index contributed by atoms with van der Waals surface area (Å²) in [5.41, 5.74) is 7.32. The van der Waals surface area contributed by atoms with Crippen LogP contribution in [0, 0.1) is 25.5 Å². The highest BCUT2D eigenvalue weighted by Crippen LogP contribution is 2.35. The molecule has 1 aromatic heterocycles. The fourth-order valence-electron chi connectivity index (χ4n) is 1.74. The number of benzene rings is 1. The van der Waals surface area contributed by atoms with Crippen molar-refractivity contribution >= 4 is 27.3 Å². The smallest absolute Gasteiger partial charge is 0.134 e. The highest BCUT2D eigenvalue weighted by molar-refractivity contribution is 9.11. The van der Waals surface area contributed by atoms with Gasteiger partial charge in [-0.05, 0) is 53.0 Å². The second-order valence-electron chi connectivity index (χ2n) is 4.18. The molecule has 1 atom stereocenters. The van der Waals surface area contributed by atoms with Crippen molar-refractivity contribution in [1.29, 1.82) is 0 Å². The molecule has 0 radical (unpaired) electrons. The van der Waals surface area contributed by atoms with Gasteiger partial charge in [0, 0.05) is 10.4 Å². The Morgan fingerprint density at radius 1 is 1.22 bits per heavy atom. The molecule has 0 saturated carbocycles. The minimum absolute atomic E-state index is 0.0660. The van der Waals surface area contributed by atoms with E-state index in [1.165, 1.54) is 23.5 Å². The van der Waals surface area contributed by atoms with E-state index in [1.54, 1.807) is 6.92 Å². The Balaban J connectivity index is 2.52. The first-order chi connectivity index (χ1) is 8.41. The molecule has 2 aromatic rings. The molecular formula is C13H12BrF2NS. The molecule has 1 aromatic carbocycles. The number of hydrogen-bond acceptors (Lipinski definition) is 2. The van der Waals surface area contributed by atoms with Gasteiger partial charge in [-0.15, -0.1) is 11.3 Å². The third kappa shape index (κ3) is 2.35. The molecule has 0 bridgehead atoms. The zero-order chi connectivity index (χ0) is 13.4. The van der Waals surface area contributed by atoms with Gasteiger partial charge in [0.25, 0.3) is 0 Å². The van der Waals surface area contributed by atoms with Gasteiger partial charge in [-0.3, -0.25) is 0 Å². The van der Waals surface area contributed by atoms with Crippen LogP contribution < -0.4 is 5.73 Å². The fraction of sp³-hybridized carbons (Fsp3) is 0.231. The number of nitrogens with two attached hydrogens (primary N) is 1. The van der Waals surface area contributed by atoms with Gasteiger partial charge in [-0.1, -0.05) is 6.07 Å². The number of halogens is 3. The monoisotopic (exact) mass is 331 g/mol. The Morgan fingerprint density at radius 3 is 2.44 bits per heavy atom. The predicted molar refractivity (Wildman–Crippen MR) is 73.9 cm³/mol. The van der Waals surface area contributed by atoms with Crippen LogP contribution in [0.3, 0.4) is 0 Å². The van der Waals surface area contributed by atoms with Crippen LogP contribution in [0.25, 0.3) is 0 Å². The first-order valence-corrected chi connectivity index (χ1v) is 6.98. The minimum Gasteiger partial charge on any atom is -0.319 e. The maximum Gasteiger partial charge on any atom is 0.134 e. The lowest BCUT2D eigenvalue weighted by molar-refractivity contribution is 0.539. The molecular weight excluding hydrogens is 320 g/mol. The molecule has 0 saturated heterocycles. The average Bonchev–Trinajstić information content (AvgIpc) is 2.65. The Labute approximate surface area is 117 Å². The largest absolute Gasteiger partial charge is 0.319 e. The van der Waals surface area contributed by atoms with E-state index in [0.717, 1.165) is 14.2 Å². The zero-order valence-corrected chi connectivity index (χ0v) is 12.3. The normalized spacial score (nSPS) is 12.8. The summed E-state index contributed by atoms with van der Waals surface area (Å²) in [6.07, 6.45) is 0. The minimum atomic E-state index is -0.778. The van der Waals surface area contributed by atoms with Crippen LogP contribution in [0.15, 0.2) is 22.0 Å². The number of thiophene rings is 1. The lowest BCUT2D eigenvalue weighted by Crippen LogP contribution is -2.15. The summed E-state index contributed by atoms with van der Waals surface area (Å²) in [7, 11) is 0. The van der Waals surface area contributed by atoms with Crippen LogP contribution in [0.2, 0.25) is 0 Å². The molecule has 0 aliphatic heterocycles. The highest BCUT2D eigenvalue weighted by atomic mass is 79.9. The van der Waals surface area contributed by atoms with E-state index in [9.17, 15) is 8.78 Å². The van der Waals surface area contributed by atoms with Crippen LogP contribution in [0.1, 0.15) is 27.6 Å². The third-order valence-electron chi connectivity index (χ3n) is 2.81. The van der Waals surface area contributed by atoms with Gasteiger partial charge in [0.05, 0.1) is 9.83 Å². The maximum absolute atomic E-state index is 14.0. The Bertz CT molecular complexity index is 575. The number of aryl methyl sites for hydroxylation is 2. The van der Waals surface area contributed by atoms with E-state index in [1.807, 2.05) is 13.0 Å². The Kier molecular flexibility index (Phi) is 3.84. The van der Waals surface area contributed by atoms with Gasteiger partial charge in [-0.2, -0.15) is 0 Å². The van der Waals surface area contributed by atoms with Gasteiger partial charge >= 0.3 is 0 Å². The quantitative estimate of drug-likeness (QED) is 0.864. The lowest BCUT2D eigenvalue weighted by Gasteiger charge is -2.13. The Morgan fingerprint density at radius 2 is 1.89 bits per heavy atom. The van der Waals surface area contributed by atoms with Crippen LogP contribution in [-0.4, -0.2) is 0 Å². The molecule has 0 spiro atoms. The molecule has 1 heterocycles. The van der Waals surface area contributed by atoms with Crippen LogP contribution in [0.4, 0.5) is 8.78 Å². The molecule has 5 heteroatoms. The van der Waals surface area contributed by atoms with Gasteiger partial charge < -0.3 is 5.73 Å². The topological polar surface area (TPSA) is 26.0 Å².